The summed E-state index contributed by atoms with van der Waals surface area (Å²) in [5.74, 6) is 1.06. The van der Waals surface area contributed by atoms with Crippen LogP contribution in [-0.4, -0.2) is 64.6 Å². The van der Waals surface area contributed by atoms with Gasteiger partial charge in [-0.3, -0.25) is 9.58 Å². The number of nitrogens with zero attached hydrogens (tertiary/aromatic N) is 4. The molecule has 0 radical (unpaired) electrons. The van der Waals surface area contributed by atoms with Crippen LogP contribution in [0.15, 0.2) is 6.33 Å². The van der Waals surface area contributed by atoms with Gasteiger partial charge in [-0.05, 0) is 19.5 Å². The second-order valence-corrected chi connectivity index (χ2v) is 5.57. The van der Waals surface area contributed by atoms with Crippen LogP contribution in [0.25, 0.3) is 0 Å². The van der Waals surface area contributed by atoms with E-state index >= 15 is 0 Å². The fraction of sp³-hybridized carbons (Fsp3) is 0.867. The second kappa shape index (κ2) is 8.46. The minimum absolute atomic E-state index is 0.227. The molecule has 0 aliphatic carbocycles. The predicted molar refractivity (Wildman–Crippen MR) is 83.3 cm³/mol. The lowest BCUT2D eigenvalue weighted by Crippen LogP contribution is -2.53. The Hall–Kier alpha value is -0.980. The number of hydrogen-bond donors (Lipinski definition) is 1. The van der Waals surface area contributed by atoms with Crippen LogP contribution in [0, 0.1) is 0 Å². The average Bonchev–Trinajstić information content (AvgIpc) is 2.94. The largest absolute Gasteiger partial charge is 0.374 e. The molecule has 1 aromatic heterocycles. The Bertz CT molecular complexity index is 409. The molecule has 1 aliphatic heterocycles. The molecule has 6 nitrogen and oxygen atoms in total. The number of morpholine rings is 1. The van der Waals surface area contributed by atoms with Gasteiger partial charge in [-0.25, -0.2) is 4.98 Å². The van der Waals surface area contributed by atoms with Gasteiger partial charge in [0.15, 0.2) is 0 Å². The maximum atomic E-state index is 6.01. The Morgan fingerprint density at radius 1 is 1.43 bits per heavy atom. The maximum Gasteiger partial charge on any atom is 0.138 e. The van der Waals surface area contributed by atoms with Crippen molar-refractivity contribution in [2.45, 2.75) is 52.3 Å². The van der Waals surface area contributed by atoms with Gasteiger partial charge in [0.25, 0.3) is 0 Å². The van der Waals surface area contributed by atoms with Crippen LogP contribution >= 0.6 is 0 Å². The van der Waals surface area contributed by atoms with Gasteiger partial charge in [-0.1, -0.05) is 20.8 Å². The fourth-order valence-electron chi connectivity index (χ4n) is 2.90. The van der Waals surface area contributed by atoms with Gasteiger partial charge in [0.1, 0.15) is 12.2 Å². The molecule has 2 atom stereocenters. The highest BCUT2D eigenvalue weighted by molar-refractivity contribution is 4.94. The zero-order valence-electron chi connectivity index (χ0n) is 13.6. The molecule has 2 rings (SSSR count). The monoisotopic (exact) mass is 295 g/mol. The van der Waals surface area contributed by atoms with Gasteiger partial charge in [-0.2, -0.15) is 5.10 Å². The van der Waals surface area contributed by atoms with E-state index in [4.69, 9.17) is 4.74 Å². The van der Waals surface area contributed by atoms with E-state index in [1.54, 1.807) is 6.33 Å². The van der Waals surface area contributed by atoms with Gasteiger partial charge >= 0.3 is 0 Å². The van der Waals surface area contributed by atoms with Gasteiger partial charge in [-0.15, -0.1) is 0 Å². The summed E-state index contributed by atoms with van der Waals surface area (Å²) in [6.45, 7) is 12.3. The molecule has 0 aromatic carbocycles. The predicted octanol–water partition coefficient (Wildman–Crippen LogP) is 0.929. The van der Waals surface area contributed by atoms with Crippen LogP contribution in [0.2, 0.25) is 0 Å². The minimum atomic E-state index is 0.227. The molecular formula is C15H29N5O. The van der Waals surface area contributed by atoms with E-state index in [1.165, 1.54) is 0 Å². The third-order valence-corrected chi connectivity index (χ3v) is 4.07. The van der Waals surface area contributed by atoms with E-state index in [0.717, 1.165) is 58.0 Å². The normalized spacial score (nSPS) is 21.6. The van der Waals surface area contributed by atoms with Crippen LogP contribution < -0.4 is 5.32 Å². The first-order valence-corrected chi connectivity index (χ1v) is 8.22. The molecule has 1 aromatic rings. The summed E-state index contributed by atoms with van der Waals surface area (Å²) in [6, 6.07) is 0.296. The summed E-state index contributed by atoms with van der Waals surface area (Å²) in [5.41, 5.74) is 0. The molecule has 2 heterocycles. The van der Waals surface area contributed by atoms with E-state index in [-0.39, 0.29) is 6.10 Å². The van der Waals surface area contributed by atoms with E-state index in [0.29, 0.717) is 6.04 Å². The van der Waals surface area contributed by atoms with Crippen molar-refractivity contribution in [3.05, 3.63) is 12.2 Å². The smallest absolute Gasteiger partial charge is 0.138 e. The number of nitrogens with one attached hydrogen (secondary N) is 1. The zero-order chi connectivity index (χ0) is 15.1. The summed E-state index contributed by atoms with van der Waals surface area (Å²) in [5, 5.41) is 7.89. The van der Waals surface area contributed by atoms with Gasteiger partial charge in [0, 0.05) is 32.1 Å². The molecule has 1 N–H and O–H groups in total. The maximum absolute atomic E-state index is 6.01. The first-order valence-electron chi connectivity index (χ1n) is 8.22. The van der Waals surface area contributed by atoms with Gasteiger partial charge in [0.05, 0.1) is 12.7 Å². The van der Waals surface area contributed by atoms with Crippen molar-refractivity contribution in [1.29, 1.82) is 0 Å². The van der Waals surface area contributed by atoms with Crippen molar-refractivity contribution in [3.8, 4) is 0 Å². The van der Waals surface area contributed by atoms with Crippen molar-refractivity contribution in [1.82, 2.24) is 25.0 Å². The van der Waals surface area contributed by atoms with Crippen LogP contribution in [0.1, 0.15) is 33.0 Å². The molecule has 0 bridgehead atoms. The van der Waals surface area contributed by atoms with Crippen LogP contribution in [0.3, 0.4) is 0 Å². The topological polar surface area (TPSA) is 55.2 Å². The molecule has 6 heteroatoms. The molecule has 21 heavy (non-hydrogen) atoms. The number of aryl methyl sites for hydroxylation is 1. The molecule has 2 unspecified atom stereocenters. The highest BCUT2D eigenvalue weighted by atomic mass is 16.5. The van der Waals surface area contributed by atoms with Crippen molar-refractivity contribution in [2.75, 3.05) is 32.8 Å². The van der Waals surface area contributed by atoms with Crippen molar-refractivity contribution in [2.24, 2.45) is 0 Å². The molecule has 1 aliphatic rings. The quantitative estimate of drug-likeness (QED) is 0.773. The fourth-order valence-corrected chi connectivity index (χ4v) is 2.90. The molecule has 0 spiro atoms. The summed E-state index contributed by atoms with van der Waals surface area (Å²) in [7, 11) is 0. The van der Waals surface area contributed by atoms with Crippen LogP contribution in [0.5, 0.6) is 0 Å². The first-order chi connectivity index (χ1) is 10.3. The average molecular weight is 295 g/mol. The van der Waals surface area contributed by atoms with E-state index in [1.807, 2.05) is 4.68 Å². The Kier molecular flexibility index (Phi) is 6.60. The van der Waals surface area contributed by atoms with E-state index in [9.17, 15) is 0 Å². The summed E-state index contributed by atoms with van der Waals surface area (Å²) in [6.07, 6.45) is 3.83. The number of rotatable bonds is 8. The SMILES string of the molecule is CCCn1ncnc1CC(NCC)C1CN(CC)CCO1. The Morgan fingerprint density at radius 3 is 3.00 bits per heavy atom. The van der Waals surface area contributed by atoms with Gasteiger partial charge < -0.3 is 10.1 Å². The van der Waals surface area contributed by atoms with E-state index in [2.05, 4.69) is 41.1 Å². The lowest BCUT2D eigenvalue weighted by Gasteiger charge is -2.36. The van der Waals surface area contributed by atoms with Crippen molar-refractivity contribution in [3.63, 3.8) is 0 Å². The first kappa shape index (κ1) is 16.4. The third-order valence-electron chi connectivity index (χ3n) is 4.07. The number of ether oxygens (including phenoxy) is 1. The standard InChI is InChI=1S/C15H29N5O/c1-4-7-20-15(17-12-18-20)10-13(16-5-2)14-11-19(6-3)8-9-21-14/h12-14,16H,4-11H2,1-3H3. The molecule has 120 valence electrons. The number of aromatic nitrogens is 3. The lowest BCUT2D eigenvalue weighted by molar-refractivity contribution is -0.0449. The van der Waals surface area contributed by atoms with Gasteiger partial charge in [0.2, 0.25) is 0 Å². The number of hydrogen-bond acceptors (Lipinski definition) is 5. The van der Waals surface area contributed by atoms with Crippen LogP contribution in [0.4, 0.5) is 0 Å². The summed E-state index contributed by atoms with van der Waals surface area (Å²) in [4.78, 5) is 6.89. The van der Waals surface area contributed by atoms with Crippen LogP contribution in [-0.2, 0) is 17.7 Å². The Labute approximate surface area is 127 Å². The lowest BCUT2D eigenvalue weighted by atomic mass is 10.0. The molecule has 1 fully saturated rings. The number of likely N-dealkylation sites (N-methyl/N-ethyl adjacent to an activating group) is 2. The highest BCUT2D eigenvalue weighted by Crippen LogP contribution is 2.13. The second-order valence-electron chi connectivity index (χ2n) is 5.57. The molecule has 0 saturated carbocycles. The zero-order valence-corrected chi connectivity index (χ0v) is 13.6. The Balaban J connectivity index is 2.02. The molecule has 1 saturated heterocycles. The molecule has 0 amide bonds. The van der Waals surface area contributed by atoms with Crippen molar-refractivity contribution < 1.29 is 4.74 Å². The molecular weight excluding hydrogens is 266 g/mol. The highest BCUT2D eigenvalue weighted by Gasteiger charge is 2.28. The van der Waals surface area contributed by atoms with E-state index < -0.39 is 0 Å². The van der Waals surface area contributed by atoms with Crippen molar-refractivity contribution >= 4 is 0 Å². The third kappa shape index (κ3) is 4.49. The minimum Gasteiger partial charge on any atom is -0.374 e. The summed E-state index contributed by atoms with van der Waals surface area (Å²) < 4.78 is 8.03. The summed E-state index contributed by atoms with van der Waals surface area (Å²) >= 11 is 0. The Morgan fingerprint density at radius 2 is 2.29 bits per heavy atom.